The quantitative estimate of drug-likeness (QED) is 0.575. The van der Waals surface area contributed by atoms with E-state index in [0.29, 0.717) is 17.6 Å². The SMILES string of the molecule is CC(C)Cc1noc(CSc2nnc(-c3ccc(C(C)(C)C)cc3)n2C)n1. The van der Waals surface area contributed by atoms with Gasteiger partial charge in [0, 0.05) is 19.0 Å². The summed E-state index contributed by atoms with van der Waals surface area (Å²) >= 11 is 1.55. The molecule has 0 amide bonds. The van der Waals surface area contributed by atoms with Gasteiger partial charge in [0.15, 0.2) is 16.8 Å². The van der Waals surface area contributed by atoms with Crippen LogP contribution in [0.25, 0.3) is 11.4 Å². The lowest BCUT2D eigenvalue weighted by Crippen LogP contribution is -2.10. The molecule has 0 fully saturated rings. The molecule has 0 saturated heterocycles. The van der Waals surface area contributed by atoms with Crippen LogP contribution in [0.15, 0.2) is 33.9 Å². The minimum absolute atomic E-state index is 0.137. The van der Waals surface area contributed by atoms with Crippen LogP contribution in [0, 0.1) is 5.92 Å². The Kier molecular flexibility index (Phi) is 5.69. The molecule has 1 aromatic carbocycles. The summed E-state index contributed by atoms with van der Waals surface area (Å²) in [5.74, 6) is 3.33. The zero-order valence-electron chi connectivity index (χ0n) is 16.9. The van der Waals surface area contributed by atoms with Crippen LogP contribution in [0.3, 0.4) is 0 Å². The molecule has 0 N–H and O–H groups in total. The van der Waals surface area contributed by atoms with E-state index in [1.807, 2.05) is 11.6 Å². The van der Waals surface area contributed by atoms with Gasteiger partial charge in [0.2, 0.25) is 5.89 Å². The summed E-state index contributed by atoms with van der Waals surface area (Å²) in [5.41, 5.74) is 2.50. The third-order valence-electron chi connectivity index (χ3n) is 4.27. The molecule has 144 valence electrons. The largest absolute Gasteiger partial charge is 0.338 e. The molecular weight excluding hydrogens is 358 g/mol. The Hall–Kier alpha value is -2.15. The van der Waals surface area contributed by atoms with Crippen molar-refractivity contribution in [2.75, 3.05) is 0 Å². The van der Waals surface area contributed by atoms with E-state index in [9.17, 15) is 0 Å². The molecule has 0 aliphatic carbocycles. The van der Waals surface area contributed by atoms with Gasteiger partial charge in [-0.2, -0.15) is 4.98 Å². The highest BCUT2D eigenvalue weighted by atomic mass is 32.2. The van der Waals surface area contributed by atoms with Gasteiger partial charge in [0.25, 0.3) is 0 Å². The fourth-order valence-corrected chi connectivity index (χ4v) is 3.48. The third kappa shape index (κ3) is 4.77. The van der Waals surface area contributed by atoms with Crippen molar-refractivity contribution < 1.29 is 4.52 Å². The van der Waals surface area contributed by atoms with Crippen LogP contribution >= 0.6 is 11.8 Å². The van der Waals surface area contributed by atoms with Crippen LogP contribution in [0.1, 0.15) is 51.9 Å². The lowest BCUT2D eigenvalue weighted by molar-refractivity contribution is 0.382. The first kappa shape index (κ1) is 19.6. The number of rotatable bonds is 6. The van der Waals surface area contributed by atoms with E-state index in [2.05, 4.69) is 79.2 Å². The number of nitrogens with zero attached hydrogens (tertiary/aromatic N) is 5. The summed E-state index contributed by atoms with van der Waals surface area (Å²) in [7, 11) is 1.98. The second-order valence-corrected chi connectivity index (χ2v) is 9.13. The molecule has 6 nitrogen and oxygen atoms in total. The third-order valence-corrected chi connectivity index (χ3v) is 5.27. The molecule has 0 spiro atoms. The molecule has 0 atom stereocenters. The van der Waals surface area contributed by atoms with E-state index in [0.717, 1.165) is 28.8 Å². The first-order chi connectivity index (χ1) is 12.7. The summed E-state index contributed by atoms with van der Waals surface area (Å²) in [6, 6.07) is 8.53. The Bertz CT molecular complexity index is 890. The van der Waals surface area contributed by atoms with Crippen molar-refractivity contribution in [2.45, 2.75) is 57.4 Å². The maximum Gasteiger partial charge on any atom is 0.237 e. The van der Waals surface area contributed by atoms with Crippen molar-refractivity contribution in [2.24, 2.45) is 13.0 Å². The van der Waals surface area contributed by atoms with Gasteiger partial charge in [-0.15, -0.1) is 10.2 Å². The van der Waals surface area contributed by atoms with E-state index in [-0.39, 0.29) is 5.41 Å². The fourth-order valence-electron chi connectivity index (χ4n) is 2.73. The van der Waals surface area contributed by atoms with Crippen molar-refractivity contribution >= 4 is 11.8 Å². The average Bonchev–Trinajstić information content (AvgIpc) is 3.18. The highest BCUT2D eigenvalue weighted by Gasteiger charge is 2.16. The van der Waals surface area contributed by atoms with Crippen molar-refractivity contribution in [1.82, 2.24) is 24.9 Å². The lowest BCUT2D eigenvalue weighted by atomic mass is 9.87. The summed E-state index contributed by atoms with van der Waals surface area (Å²) in [6.07, 6.45) is 0.826. The number of benzene rings is 1. The van der Waals surface area contributed by atoms with Gasteiger partial charge in [0.05, 0.1) is 5.75 Å². The second kappa shape index (κ2) is 7.84. The maximum absolute atomic E-state index is 5.32. The summed E-state index contributed by atoms with van der Waals surface area (Å²) in [4.78, 5) is 4.44. The molecule has 7 heteroatoms. The van der Waals surface area contributed by atoms with Gasteiger partial charge < -0.3 is 9.09 Å². The predicted octanol–water partition coefficient (Wildman–Crippen LogP) is 4.65. The second-order valence-electron chi connectivity index (χ2n) is 8.18. The standard InChI is InChI=1S/C20H27N5OS/c1-13(2)11-16-21-17(26-24-16)12-27-19-23-22-18(25(19)6)14-7-9-15(10-8-14)20(3,4)5/h7-10,13H,11-12H2,1-6H3. The molecule has 0 radical (unpaired) electrons. The Morgan fingerprint density at radius 2 is 1.81 bits per heavy atom. The highest BCUT2D eigenvalue weighted by Crippen LogP contribution is 2.27. The van der Waals surface area contributed by atoms with E-state index < -0.39 is 0 Å². The van der Waals surface area contributed by atoms with E-state index in [1.165, 1.54) is 5.56 Å². The van der Waals surface area contributed by atoms with Crippen LogP contribution in [-0.2, 0) is 24.6 Å². The minimum Gasteiger partial charge on any atom is -0.338 e. The van der Waals surface area contributed by atoms with Gasteiger partial charge in [0.1, 0.15) is 0 Å². The predicted molar refractivity (Wildman–Crippen MR) is 108 cm³/mol. The molecular formula is C20H27N5OS. The monoisotopic (exact) mass is 385 g/mol. The summed E-state index contributed by atoms with van der Waals surface area (Å²) < 4.78 is 7.33. The normalized spacial score (nSPS) is 12.1. The van der Waals surface area contributed by atoms with Crippen molar-refractivity contribution in [3.63, 3.8) is 0 Å². The highest BCUT2D eigenvalue weighted by molar-refractivity contribution is 7.98. The van der Waals surface area contributed by atoms with Gasteiger partial charge in [-0.1, -0.05) is 75.8 Å². The Morgan fingerprint density at radius 1 is 1.11 bits per heavy atom. The Balaban J connectivity index is 1.69. The first-order valence-electron chi connectivity index (χ1n) is 9.18. The van der Waals surface area contributed by atoms with E-state index >= 15 is 0 Å². The molecule has 0 bridgehead atoms. The van der Waals surface area contributed by atoms with Crippen molar-refractivity contribution in [1.29, 1.82) is 0 Å². The van der Waals surface area contributed by atoms with Gasteiger partial charge >= 0.3 is 0 Å². The lowest BCUT2D eigenvalue weighted by Gasteiger charge is -2.19. The van der Waals surface area contributed by atoms with E-state index in [4.69, 9.17) is 4.52 Å². The van der Waals surface area contributed by atoms with Crippen molar-refractivity contribution in [3.05, 3.63) is 41.5 Å². The van der Waals surface area contributed by atoms with Crippen LogP contribution in [0.5, 0.6) is 0 Å². The fraction of sp³-hybridized carbons (Fsp3) is 0.500. The number of thioether (sulfide) groups is 1. The molecule has 2 heterocycles. The zero-order valence-corrected chi connectivity index (χ0v) is 17.7. The minimum atomic E-state index is 0.137. The number of aromatic nitrogens is 5. The van der Waals surface area contributed by atoms with Crippen LogP contribution in [0.2, 0.25) is 0 Å². The molecule has 2 aromatic heterocycles. The van der Waals surface area contributed by atoms with Crippen LogP contribution in [0.4, 0.5) is 0 Å². The molecule has 0 saturated carbocycles. The topological polar surface area (TPSA) is 69.6 Å². The number of hydrogen-bond acceptors (Lipinski definition) is 6. The number of hydrogen-bond donors (Lipinski definition) is 0. The molecule has 0 aliphatic rings. The Morgan fingerprint density at radius 3 is 2.44 bits per heavy atom. The summed E-state index contributed by atoms with van der Waals surface area (Å²) in [6.45, 7) is 10.9. The Labute approximate surface area is 164 Å². The molecule has 0 unspecified atom stereocenters. The van der Waals surface area contributed by atoms with Crippen molar-refractivity contribution in [3.8, 4) is 11.4 Å². The van der Waals surface area contributed by atoms with Gasteiger partial charge in [-0.25, -0.2) is 0 Å². The maximum atomic E-state index is 5.32. The van der Waals surface area contributed by atoms with E-state index in [1.54, 1.807) is 11.8 Å². The van der Waals surface area contributed by atoms with Crippen LogP contribution < -0.4 is 0 Å². The molecule has 3 aromatic rings. The molecule has 3 rings (SSSR count). The first-order valence-corrected chi connectivity index (χ1v) is 10.2. The summed E-state index contributed by atoms with van der Waals surface area (Å²) in [5, 5.41) is 13.5. The zero-order chi connectivity index (χ0) is 19.6. The molecule has 0 aliphatic heterocycles. The van der Waals surface area contributed by atoms with Gasteiger partial charge in [-0.3, -0.25) is 0 Å². The molecule has 27 heavy (non-hydrogen) atoms. The van der Waals surface area contributed by atoms with Gasteiger partial charge in [-0.05, 0) is 16.9 Å². The average molecular weight is 386 g/mol. The smallest absolute Gasteiger partial charge is 0.237 e. The van der Waals surface area contributed by atoms with Crippen LogP contribution in [-0.4, -0.2) is 24.9 Å².